The van der Waals surface area contributed by atoms with Crippen molar-refractivity contribution < 1.29 is 22.7 Å². The number of carbonyl (C=O) groups excluding carboxylic acids is 2. The maximum atomic E-state index is 13.5. The van der Waals surface area contributed by atoms with Crippen molar-refractivity contribution in [1.29, 1.82) is 0 Å². The Morgan fingerprint density at radius 1 is 1.05 bits per heavy atom. The van der Waals surface area contributed by atoms with Crippen LogP contribution in [0.1, 0.15) is 62.0 Å². The Labute approximate surface area is 221 Å². The smallest absolute Gasteiger partial charge is 0.410 e. The van der Waals surface area contributed by atoms with E-state index >= 15 is 0 Å². The van der Waals surface area contributed by atoms with E-state index in [9.17, 15) is 18.0 Å². The van der Waals surface area contributed by atoms with E-state index < -0.39 is 15.6 Å². The predicted molar refractivity (Wildman–Crippen MR) is 145 cm³/mol. The zero-order chi connectivity index (χ0) is 27.5. The first-order valence-electron chi connectivity index (χ1n) is 12.6. The van der Waals surface area contributed by atoms with Crippen LogP contribution in [0, 0.1) is 19.8 Å². The molecular formula is C28H39N3O5S. The molecule has 1 fully saturated rings. The predicted octanol–water partition coefficient (Wildman–Crippen LogP) is 5.21. The molecule has 202 valence electrons. The highest BCUT2D eigenvalue weighted by Gasteiger charge is 2.34. The van der Waals surface area contributed by atoms with E-state index in [2.05, 4.69) is 5.32 Å². The Morgan fingerprint density at radius 3 is 2.24 bits per heavy atom. The molecule has 0 aliphatic carbocycles. The molecular weight excluding hydrogens is 490 g/mol. The monoisotopic (exact) mass is 529 g/mol. The lowest BCUT2D eigenvalue weighted by molar-refractivity contribution is 0.0161. The highest BCUT2D eigenvalue weighted by Crippen LogP contribution is 2.29. The molecule has 1 saturated heterocycles. The average molecular weight is 530 g/mol. The molecule has 0 saturated carbocycles. The Hall–Kier alpha value is -2.91. The Balaban J connectivity index is 1.66. The van der Waals surface area contributed by atoms with Crippen LogP contribution in [0.2, 0.25) is 0 Å². The Bertz CT molecular complexity index is 1240. The zero-order valence-electron chi connectivity index (χ0n) is 22.9. The van der Waals surface area contributed by atoms with Crippen LogP contribution in [0.25, 0.3) is 0 Å². The normalized spacial score (nSPS) is 15.9. The molecule has 2 aromatic rings. The first kappa shape index (κ1) is 28.7. The summed E-state index contributed by atoms with van der Waals surface area (Å²) in [6, 6.07) is 11.8. The van der Waals surface area contributed by atoms with Gasteiger partial charge in [-0.05, 0) is 95.7 Å². The van der Waals surface area contributed by atoms with Gasteiger partial charge >= 0.3 is 6.09 Å². The number of sulfonamides is 1. The van der Waals surface area contributed by atoms with Crippen molar-refractivity contribution in [2.24, 2.45) is 5.92 Å². The van der Waals surface area contributed by atoms with Gasteiger partial charge in [0.15, 0.2) is 0 Å². The van der Waals surface area contributed by atoms with E-state index in [1.54, 1.807) is 37.1 Å². The molecule has 0 unspecified atom stereocenters. The summed E-state index contributed by atoms with van der Waals surface area (Å²) < 4.78 is 33.8. The topological polar surface area (TPSA) is 96.0 Å². The summed E-state index contributed by atoms with van der Waals surface area (Å²) in [6.07, 6.45) is 1.07. The summed E-state index contributed by atoms with van der Waals surface area (Å²) in [4.78, 5) is 26.9. The summed E-state index contributed by atoms with van der Waals surface area (Å²) >= 11 is 0. The third kappa shape index (κ3) is 6.90. The highest BCUT2D eigenvalue weighted by atomic mass is 32.2. The molecule has 37 heavy (non-hydrogen) atoms. The van der Waals surface area contributed by atoms with Gasteiger partial charge in [-0.15, -0.1) is 0 Å². The van der Waals surface area contributed by atoms with Gasteiger partial charge < -0.3 is 15.0 Å². The first-order valence-corrected chi connectivity index (χ1v) is 14.1. The van der Waals surface area contributed by atoms with E-state index in [-0.39, 0.29) is 28.9 Å². The molecule has 0 bridgehead atoms. The molecule has 1 N–H and O–H groups in total. The molecule has 3 rings (SSSR count). The number of anilines is 1. The Morgan fingerprint density at radius 2 is 1.68 bits per heavy atom. The second-order valence-electron chi connectivity index (χ2n) is 10.8. The summed E-state index contributed by atoms with van der Waals surface area (Å²) in [5.41, 5.74) is 2.12. The van der Waals surface area contributed by atoms with Crippen LogP contribution in [-0.4, -0.2) is 61.4 Å². The van der Waals surface area contributed by atoms with E-state index in [1.807, 2.05) is 52.8 Å². The Kier molecular flexibility index (Phi) is 8.70. The minimum atomic E-state index is -3.75. The van der Waals surface area contributed by atoms with Crippen LogP contribution < -0.4 is 5.32 Å². The fraction of sp³-hybridized carbons (Fsp3) is 0.500. The molecule has 1 aliphatic rings. The van der Waals surface area contributed by atoms with Gasteiger partial charge in [0.05, 0.1) is 4.90 Å². The van der Waals surface area contributed by atoms with Gasteiger partial charge in [0.2, 0.25) is 10.0 Å². The SMILES string of the molecule is Cc1cc(S(=O)(=O)N(C)[C@H](C)C2CCN(C(=O)OC(C)(C)C)CC2)ccc1NC(=O)c1ccccc1C. The maximum Gasteiger partial charge on any atom is 0.410 e. The van der Waals surface area contributed by atoms with E-state index in [1.165, 1.54) is 10.4 Å². The van der Waals surface area contributed by atoms with Gasteiger partial charge in [-0.3, -0.25) is 4.79 Å². The van der Waals surface area contributed by atoms with Gasteiger partial charge in [0.25, 0.3) is 5.91 Å². The minimum absolute atomic E-state index is 0.118. The standard InChI is InChI=1S/C28H39N3O5S/c1-19-10-8-9-11-24(19)26(32)29-25-13-12-23(18-20(25)2)37(34,35)30(7)21(3)22-14-16-31(17-15-22)27(33)36-28(4,5)6/h8-13,18,21-22H,14-17H2,1-7H3,(H,29,32)/t21-/m1/s1. The van der Waals surface area contributed by atoms with Crippen LogP contribution in [-0.2, 0) is 14.8 Å². The quantitative estimate of drug-likeness (QED) is 0.554. The number of benzene rings is 2. The van der Waals surface area contributed by atoms with Crippen molar-refractivity contribution in [3.63, 3.8) is 0 Å². The fourth-order valence-corrected chi connectivity index (χ4v) is 6.04. The van der Waals surface area contributed by atoms with Crippen LogP contribution >= 0.6 is 0 Å². The van der Waals surface area contributed by atoms with Crippen molar-refractivity contribution in [2.45, 2.75) is 70.9 Å². The number of hydrogen-bond acceptors (Lipinski definition) is 5. The molecule has 2 amide bonds. The number of nitrogens with one attached hydrogen (secondary N) is 1. The number of piperidine rings is 1. The van der Waals surface area contributed by atoms with Crippen LogP contribution in [0.3, 0.4) is 0 Å². The van der Waals surface area contributed by atoms with Crippen molar-refractivity contribution in [3.05, 3.63) is 59.2 Å². The number of hydrogen-bond donors (Lipinski definition) is 1. The fourth-order valence-electron chi connectivity index (χ4n) is 4.53. The van der Waals surface area contributed by atoms with E-state index in [0.717, 1.165) is 5.56 Å². The number of likely N-dealkylation sites (tertiary alicyclic amines) is 1. The summed E-state index contributed by atoms with van der Waals surface area (Å²) in [5.74, 6) is -0.118. The number of carbonyl (C=O) groups is 2. The second kappa shape index (κ2) is 11.2. The second-order valence-corrected chi connectivity index (χ2v) is 12.8. The largest absolute Gasteiger partial charge is 0.444 e. The van der Waals surface area contributed by atoms with E-state index in [0.29, 0.717) is 42.7 Å². The number of aryl methyl sites for hydroxylation is 2. The highest BCUT2D eigenvalue weighted by molar-refractivity contribution is 7.89. The third-order valence-electron chi connectivity index (χ3n) is 6.96. The first-order chi connectivity index (χ1) is 17.2. The molecule has 1 heterocycles. The lowest BCUT2D eigenvalue weighted by atomic mass is 9.90. The van der Waals surface area contributed by atoms with Crippen LogP contribution in [0.15, 0.2) is 47.4 Å². The maximum absolute atomic E-state index is 13.5. The average Bonchev–Trinajstić information content (AvgIpc) is 2.83. The summed E-state index contributed by atoms with van der Waals surface area (Å²) in [5, 5.41) is 2.89. The minimum Gasteiger partial charge on any atom is -0.444 e. The molecule has 0 radical (unpaired) electrons. The van der Waals surface area contributed by atoms with Crippen molar-refractivity contribution in [1.82, 2.24) is 9.21 Å². The molecule has 9 heteroatoms. The molecule has 2 aromatic carbocycles. The zero-order valence-corrected chi connectivity index (χ0v) is 23.7. The van der Waals surface area contributed by atoms with Crippen LogP contribution in [0.5, 0.6) is 0 Å². The van der Waals surface area contributed by atoms with Gasteiger partial charge in [-0.25, -0.2) is 13.2 Å². The molecule has 0 spiro atoms. The van der Waals surface area contributed by atoms with Gasteiger partial charge in [-0.1, -0.05) is 18.2 Å². The lowest BCUT2D eigenvalue weighted by Crippen LogP contribution is -2.47. The van der Waals surface area contributed by atoms with Crippen molar-refractivity contribution in [3.8, 4) is 0 Å². The summed E-state index contributed by atoms with van der Waals surface area (Å²) in [7, 11) is -2.15. The van der Waals surface area contributed by atoms with Gasteiger partial charge in [0, 0.05) is 37.4 Å². The number of ether oxygens (including phenoxy) is 1. The van der Waals surface area contributed by atoms with Crippen molar-refractivity contribution >= 4 is 27.7 Å². The molecule has 8 nitrogen and oxygen atoms in total. The number of amides is 2. The number of nitrogens with zero attached hydrogens (tertiary/aromatic N) is 2. The third-order valence-corrected chi connectivity index (χ3v) is 8.90. The van der Waals surface area contributed by atoms with Gasteiger partial charge in [-0.2, -0.15) is 4.31 Å². The van der Waals surface area contributed by atoms with Crippen LogP contribution in [0.4, 0.5) is 10.5 Å². The molecule has 1 aliphatic heterocycles. The molecule has 1 atom stereocenters. The van der Waals surface area contributed by atoms with E-state index in [4.69, 9.17) is 4.74 Å². The summed E-state index contributed by atoms with van der Waals surface area (Å²) in [6.45, 7) is 12.1. The molecule has 0 aromatic heterocycles. The lowest BCUT2D eigenvalue weighted by Gasteiger charge is -2.38. The number of rotatable bonds is 6. The van der Waals surface area contributed by atoms with Crippen molar-refractivity contribution in [2.75, 3.05) is 25.5 Å². The van der Waals surface area contributed by atoms with Gasteiger partial charge in [0.1, 0.15) is 5.60 Å².